The van der Waals surface area contributed by atoms with Crippen molar-refractivity contribution in [1.29, 1.82) is 0 Å². The lowest BCUT2D eigenvalue weighted by atomic mass is 10.1. The zero-order valence-corrected chi connectivity index (χ0v) is 11.2. The predicted molar refractivity (Wildman–Crippen MR) is 72.7 cm³/mol. The van der Waals surface area contributed by atoms with Gasteiger partial charge in [-0.05, 0) is 55.6 Å². The smallest absolute Gasteiger partial charge is 0.303 e. The van der Waals surface area contributed by atoms with Gasteiger partial charge < -0.3 is 9.47 Å². The monoisotopic (exact) mass is 256 g/mol. The fourth-order valence-corrected chi connectivity index (χ4v) is 1.64. The molecule has 0 aliphatic carbocycles. The van der Waals surface area contributed by atoms with Crippen molar-refractivity contribution in [2.75, 3.05) is 6.61 Å². The number of carbonyl (C=O) groups excluding carboxylic acids is 1. The van der Waals surface area contributed by atoms with E-state index in [0.29, 0.717) is 6.61 Å². The molecule has 0 saturated carbocycles. The van der Waals surface area contributed by atoms with Crippen LogP contribution in [0.25, 0.3) is 0 Å². The summed E-state index contributed by atoms with van der Waals surface area (Å²) < 4.78 is 10.8. The number of hydrogen-bond donors (Lipinski definition) is 0. The maximum Gasteiger partial charge on any atom is 0.303 e. The van der Waals surface area contributed by atoms with Gasteiger partial charge in [0.1, 0.15) is 12.2 Å². The lowest BCUT2D eigenvalue weighted by Crippen LogP contribution is -2.35. The van der Waals surface area contributed by atoms with Gasteiger partial charge in [-0.1, -0.05) is 11.8 Å². The molecule has 0 amide bonds. The van der Waals surface area contributed by atoms with Gasteiger partial charge in [-0.2, -0.15) is 0 Å². The molecule has 0 aromatic heterocycles. The van der Waals surface area contributed by atoms with Gasteiger partial charge in [0.25, 0.3) is 0 Å². The number of hydrogen-bond acceptors (Lipinski definition) is 3. The summed E-state index contributed by atoms with van der Waals surface area (Å²) in [6.45, 7) is 3.79. The molecule has 3 heteroatoms. The van der Waals surface area contributed by atoms with Gasteiger partial charge in [-0.3, -0.25) is 4.79 Å². The Labute approximate surface area is 114 Å². The number of carbonyl (C=O) groups is 1. The second-order valence-electron chi connectivity index (χ2n) is 3.88. The number of esters is 1. The largest absolute Gasteiger partial charge is 0.459 e. The molecule has 0 N–H and O–H groups in total. The molecule has 0 spiro atoms. The Morgan fingerprint density at radius 2 is 2.11 bits per heavy atom. The van der Waals surface area contributed by atoms with Crippen LogP contribution in [0.2, 0.25) is 0 Å². The summed E-state index contributed by atoms with van der Waals surface area (Å²) in [5.74, 6) is 15.6. The molecule has 2 atom stereocenters. The van der Waals surface area contributed by atoms with Crippen LogP contribution in [-0.2, 0) is 14.3 Å². The van der Waals surface area contributed by atoms with Gasteiger partial charge in [-0.25, -0.2) is 0 Å². The van der Waals surface area contributed by atoms with Crippen molar-refractivity contribution in [2.45, 2.75) is 38.9 Å². The van der Waals surface area contributed by atoms with E-state index in [-0.39, 0.29) is 18.2 Å². The molecule has 19 heavy (non-hydrogen) atoms. The van der Waals surface area contributed by atoms with Crippen molar-refractivity contribution >= 4 is 5.97 Å². The van der Waals surface area contributed by atoms with Crippen LogP contribution >= 0.6 is 0 Å². The van der Waals surface area contributed by atoms with Crippen molar-refractivity contribution in [3.63, 3.8) is 0 Å². The van der Waals surface area contributed by atoms with E-state index in [1.807, 2.05) is 0 Å². The van der Waals surface area contributed by atoms with E-state index in [4.69, 9.17) is 9.47 Å². The van der Waals surface area contributed by atoms with E-state index < -0.39 is 0 Å². The first-order valence-electron chi connectivity index (χ1n) is 6.12. The number of ether oxygens (including phenoxy) is 2. The topological polar surface area (TPSA) is 35.5 Å². The molecule has 0 radical (unpaired) electrons. The summed E-state index contributed by atoms with van der Waals surface area (Å²) in [6.07, 6.45) is 4.73. The Morgan fingerprint density at radius 3 is 2.84 bits per heavy atom. The molecule has 0 bridgehead atoms. The highest BCUT2D eigenvalue weighted by Crippen LogP contribution is 2.18. The summed E-state index contributed by atoms with van der Waals surface area (Å²) in [6, 6.07) is 0. The Kier molecular flexibility index (Phi) is 6.96. The Morgan fingerprint density at radius 1 is 1.32 bits per heavy atom. The molecule has 0 unspecified atom stereocenters. The van der Waals surface area contributed by atoms with E-state index >= 15 is 0 Å². The predicted octanol–water partition coefficient (Wildman–Crippen LogP) is 1.68. The molecule has 0 aromatic rings. The SMILES string of the molecule is CC#CC#CC#C/C=C/[C@@H]1OCCC[C@H]1OC(C)=O. The zero-order valence-electron chi connectivity index (χ0n) is 11.2. The van der Waals surface area contributed by atoms with Crippen molar-refractivity contribution in [3.05, 3.63) is 12.2 Å². The van der Waals surface area contributed by atoms with Crippen LogP contribution in [0.4, 0.5) is 0 Å². The van der Waals surface area contributed by atoms with E-state index in [1.54, 1.807) is 19.1 Å². The van der Waals surface area contributed by atoms with Crippen molar-refractivity contribution < 1.29 is 14.3 Å². The molecule has 1 aliphatic heterocycles. The fourth-order valence-electron chi connectivity index (χ4n) is 1.64. The van der Waals surface area contributed by atoms with Gasteiger partial charge in [-0.15, -0.1) is 0 Å². The van der Waals surface area contributed by atoms with Crippen LogP contribution in [0.3, 0.4) is 0 Å². The third-order valence-electron chi connectivity index (χ3n) is 2.38. The van der Waals surface area contributed by atoms with Crippen LogP contribution < -0.4 is 0 Å². The summed E-state index contributed by atoms with van der Waals surface area (Å²) >= 11 is 0. The standard InChI is InChI=1S/C16H16O3/c1-3-4-5-6-7-8-9-11-15-16(19-14(2)17)12-10-13-18-15/h9,11,15-16H,10,12-13H2,1-2H3/b11-9+/t15-,16+/m0/s1. The molecule has 98 valence electrons. The lowest BCUT2D eigenvalue weighted by Gasteiger charge is -2.28. The minimum atomic E-state index is -0.288. The van der Waals surface area contributed by atoms with Gasteiger partial charge >= 0.3 is 5.97 Å². The molecule has 1 rings (SSSR count). The van der Waals surface area contributed by atoms with E-state index in [2.05, 4.69) is 35.5 Å². The minimum absolute atomic E-state index is 0.221. The van der Waals surface area contributed by atoms with Crippen molar-refractivity contribution in [2.24, 2.45) is 0 Å². The highest BCUT2D eigenvalue weighted by molar-refractivity contribution is 5.66. The maximum absolute atomic E-state index is 11.0. The van der Waals surface area contributed by atoms with E-state index in [1.165, 1.54) is 6.92 Å². The first kappa shape index (κ1) is 14.9. The molecular weight excluding hydrogens is 240 g/mol. The second kappa shape index (κ2) is 8.87. The molecular formula is C16H16O3. The minimum Gasteiger partial charge on any atom is -0.459 e. The number of rotatable bonds is 2. The van der Waals surface area contributed by atoms with Crippen LogP contribution in [-0.4, -0.2) is 24.8 Å². The van der Waals surface area contributed by atoms with E-state index in [9.17, 15) is 4.79 Å². The molecule has 1 heterocycles. The van der Waals surface area contributed by atoms with Gasteiger partial charge in [0, 0.05) is 13.5 Å². The van der Waals surface area contributed by atoms with Crippen molar-refractivity contribution in [3.8, 4) is 35.5 Å². The maximum atomic E-state index is 11.0. The third kappa shape index (κ3) is 6.37. The quantitative estimate of drug-likeness (QED) is 0.557. The summed E-state index contributed by atoms with van der Waals surface area (Å²) in [7, 11) is 0. The second-order valence-corrected chi connectivity index (χ2v) is 3.88. The molecule has 3 nitrogen and oxygen atoms in total. The van der Waals surface area contributed by atoms with Gasteiger partial charge in [0.15, 0.2) is 0 Å². The average Bonchev–Trinajstić information content (AvgIpc) is 2.39. The van der Waals surface area contributed by atoms with Crippen LogP contribution in [0, 0.1) is 35.5 Å². The third-order valence-corrected chi connectivity index (χ3v) is 2.38. The first-order valence-corrected chi connectivity index (χ1v) is 6.12. The molecule has 1 saturated heterocycles. The van der Waals surface area contributed by atoms with Gasteiger partial charge in [0.2, 0.25) is 0 Å². The highest BCUT2D eigenvalue weighted by Gasteiger charge is 2.26. The van der Waals surface area contributed by atoms with Crippen LogP contribution in [0.15, 0.2) is 12.2 Å². The van der Waals surface area contributed by atoms with Gasteiger partial charge in [0.05, 0.1) is 0 Å². The lowest BCUT2D eigenvalue weighted by molar-refractivity contribution is -0.157. The molecule has 1 aliphatic rings. The molecule has 0 aromatic carbocycles. The van der Waals surface area contributed by atoms with E-state index in [0.717, 1.165) is 12.8 Å². The number of allylic oxidation sites excluding steroid dienone is 1. The summed E-state index contributed by atoms with van der Waals surface area (Å²) in [5.41, 5.74) is 0. The van der Waals surface area contributed by atoms with Crippen LogP contribution in [0.1, 0.15) is 26.7 Å². The summed E-state index contributed by atoms with van der Waals surface area (Å²) in [5, 5.41) is 0. The Balaban J connectivity index is 2.54. The Hall–Kier alpha value is -2.15. The summed E-state index contributed by atoms with van der Waals surface area (Å²) in [4.78, 5) is 11.0. The first-order chi connectivity index (χ1) is 9.24. The zero-order chi connectivity index (χ0) is 13.9. The highest BCUT2D eigenvalue weighted by atomic mass is 16.6. The Bertz CT molecular complexity index is 511. The normalized spacial score (nSPS) is 21.2. The van der Waals surface area contributed by atoms with Crippen LogP contribution in [0.5, 0.6) is 0 Å². The molecule has 1 fully saturated rings. The van der Waals surface area contributed by atoms with Crippen molar-refractivity contribution in [1.82, 2.24) is 0 Å². The fraction of sp³-hybridized carbons (Fsp3) is 0.438. The average molecular weight is 256 g/mol.